The lowest BCUT2D eigenvalue weighted by Gasteiger charge is -2.24. The van der Waals surface area contributed by atoms with E-state index in [1.807, 2.05) is 11.3 Å². The maximum absolute atomic E-state index is 3.76. The summed E-state index contributed by atoms with van der Waals surface area (Å²) >= 11 is 1.92. The molecule has 0 aromatic carbocycles. The molecule has 0 aliphatic heterocycles. The maximum atomic E-state index is 3.76. The summed E-state index contributed by atoms with van der Waals surface area (Å²) in [5, 5.41) is 3.76. The molecule has 1 aliphatic carbocycles. The topological polar surface area (TPSA) is 12.0 Å². The van der Waals surface area contributed by atoms with Crippen molar-refractivity contribution >= 4 is 11.3 Å². The van der Waals surface area contributed by atoms with Gasteiger partial charge in [-0.3, -0.25) is 0 Å². The Kier molecular flexibility index (Phi) is 4.04. The van der Waals surface area contributed by atoms with E-state index in [9.17, 15) is 0 Å². The zero-order valence-electron chi connectivity index (χ0n) is 10.6. The Morgan fingerprint density at radius 3 is 2.50 bits per heavy atom. The Hall–Kier alpha value is -0.340. The van der Waals surface area contributed by atoms with E-state index in [1.165, 1.54) is 35.4 Å². The van der Waals surface area contributed by atoms with Crippen LogP contribution in [0.15, 0.2) is 12.1 Å². The number of hydrogen-bond donors (Lipinski definition) is 1. The second-order valence-electron chi connectivity index (χ2n) is 5.17. The molecule has 0 radical (unpaired) electrons. The number of nitrogens with one attached hydrogen (secondary N) is 1. The first-order chi connectivity index (χ1) is 7.66. The monoisotopic (exact) mass is 237 g/mol. The third-order valence-corrected chi connectivity index (χ3v) is 4.99. The van der Waals surface area contributed by atoms with Crippen LogP contribution in [0, 0.1) is 12.8 Å². The van der Waals surface area contributed by atoms with Crippen molar-refractivity contribution in [3.63, 3.8) is 0 Å². The summed E-state index contributed by atoms with van der Waals surface area (Å²) in [7, 11) is 0. The van der Waals surface area contributed by atoms with Crippen LogP contribution in [0.5, 0.6) is 0 Å². The van der Waals surface area contributed by atoms with Crippen molar-refractivity contribution in [2.75, 3.05) is 0 Å². The van der Waals surface area contributed by atoms with Gasteiger partial charge in [-0.05, 0) is 51.7 Å². The fourth-order valence-electron chi connectivity index (χ4n) is 2.76. The standard InChI is InChI=1S/C14H23NS/c1-10-8-9-14(16-10)12(3)15-11(2)13-6-4-5-7-13/h8-9,11-13,15H,4-7H2,1-3H3/t11-,12?/m1/s1. The van der Waals surface area contributed by atoms with Gasteiger partial charge in [-0.15, -0.1) is 11.3 Å². The molecule has 1 aliphatic rings. The van der Waals surface area contributed by atoms with E-state index < -0.39 is 0 Å². The van der Waals surface area contributed by atoms with Crippen LogP contribution < -0.4 is 5.32 Å². The van der Waals surface area contributed by atoms with Crippen LogP contribution in [0.3, 0.4) is 0 Å². The average Bonchev–Trinajstić information content (AvgIpc) is 2.87. The van der Waals surface area contributed by atoms with Crippen LogP contribution in [-0.4, -0.2) is 6.04 Å². The van der Waals surface area contributed by atoms with E-state index in [2.05, 4.69) is 38.2 Å². The number of rotatable bonds is 4. The van der Waals surface area contributed by atoms with Crippen LogP contribution in [0.2, 0.25) is 0 Å². The van der Waals surface area contributed by atoms with Crippen molar-refractivity contribution in [2.45, 2.75) is 58.5 Å². The van der Waals surface area contributed by atoms with Crippen molar-refractivity contribution in [3.05, 3.63) is 21.9 Å². The van der Waals surface area contributed by atoms with Crippen LogP contribution in [-0.2, 0) is 0 Å². The lowest BCUT2D eigenvalue weighted by molar-refractivity contribution is 0.354. The quantitative estimate of drug-likeness (QED) is 0.824. The highest BCUT2D eigenvalue weighted by Crippen LogP contribution is 2.29. The fraction of sp³-hybridized carbons (Fsp3) is 0.714. The minimum atomic E-state index is 0.509. The fourth-order valence-corrected chi connectivity index (χ4v) is 3.64. The molecule has 1 saturated carbocycles. The molecule has 2 rings (SSSR count). The second kappa shape index (κ2) is 5.33. The summed E-state index contributed by atoms with van der Waals surface area (Å²) in [6, 6.07) is 5.66. The Labute approximate surface area is 103 Å². The van der Waals surface area contributed by atoms with Gasteiger partial charge in [0.2, 0.25) is 0 Å². The zero-order valence-corrected chi connectivity index (χ0v) is 11.4. The van der Waals surface area contributed by atoms with Crippen molar-refractivity contribution in [1.29, 1.82) is 0 Å². The average molecular weight is 237 g/mol. The predicted octanol–water partition coefficient (Wildman–Crippen LogP) is 4.29. The van der Waals surface area contributed by atoms with E-state index in [4.69, 9.17) is 0 Å². The second-order valence-corrected chi connectivity index (χ2v) is 6.49. The summed E-state index contributed by atoms with van der Waals surface area (Å²) in [4.78, 5) is 2.89. The van der Waals surface area contributed by atoms with E-state index >= 15 is 0 Å². The van der Waals surface area contributed by atoms with Crippen molar-refractivity contribution in [1.82, 2.24) is 5.32 Å². The van der Waals surface area contributed by atoms with Crippen molar-refractivity contribution in [3.8, 4) is 0 Å². The maximum Gasteiger partial charge on any atom is 0.0388 e. The van der Waals surface area contributed by atoms with Gasteiger partial charge in [0.25, 0.3) is 0 Å². The minimum absolute atomic E-state index is 0.509. The molecule has 90 valence electrons. The summed E-state index contributed by atoms with van der Waals surface area (Å²) < 4.78 is 0. The molecular formula is C14H23NS. The van der Waals surface area contributed by atoms with Gasteiger partial charge >= 0.3 is 0 Å². The van der Waals surface area contributed by atoms with Gasteiger partial charge in [0.15, 0.2) is 0 Å². The highest BCUT2D eigenvalue weighted by molar-refractivity contribution is 7.12. The summed E-state index contributed by atoms with van der Waals surface area (Å²) in [6.45, 7) is 6.82. The molecule has 1 aromatic heterocycles. The van der Waals surface area contributed by atoms with Gasteiger partial charge in [0, 0.05) is 21.8 Å². The van der Waals surface area contributed by atoms with E-state index in [-0.39, 0.29) is 0 Å². The SMILES string of the molecule is Cc1ccc(C(C)N[C@H](C)C2CCCC2)s1. The third-order valence-electron chi connectivity index (χ3n) is 3.81. The molecule has 1 N–H and O–H groups in total. The van der Waals surface area contributed by atoms with Gasteiger partial charge in [-0.2, -0.15) is 0 Å². The van der Waals surface area contributed by atoms with Gasteiger partial charge < -0.3 is 5.32 Å². The zero-order chi connectivity index (χ0) is 11.5. The molecule has 2 heteroatoms. The minimum Gasteiger partial charge on any atom is -0.307 e. The van der Waals surface area contributed by atoms with E-state index in [1.54, 1.807) is 0 Å². The Morgan fingerprint density at radius 1 is 1.25 bits per heavy atom. The van der Waals surface area contributed by atoms with Crippen LogP contribution in [0.1, 0.15) is 55.3 Å². The molecule has 1 heterocycles. The van der Waals surface area contributed by atoms with Gasteiger partial charge in [0.05, 0.1) is 0 Å². The lowest BCUT2D eigenvalue weighted by atomic mass is 9.99. The van der Waals surface area contributed by atoms with Gasteiger partial charge in [-0.1, -0.05) is 12.8 Å². The first-order valence-electron chi connectivity index (χ1n) is 6.49. The van der Waals surface area contributed by atoms with Gasteiger partial charge in [0.1, 0.15) is 0 Å². The molecule has 1 unspecified atom stereocenters. The number of aryl methyl sites for hydroxylation is 1. The molecular weight excluding hydrogens is 214 g/mol. The molecule has 1 fully saturated rings. The Balaban J connectivity index is 1.88. The molecule has 2 atom stereocenters. The molecule has 1 nitrogen and oxygen atoms in total. The van der Waals surface area contributed by atoms with Crippen molar-refractivity contribution < 1.29 is 0 Å². The molecule has 0 saturated heterocycles. The summed E-state index contributed by atoms with van der Waals surface area (Å²) in [6.07, 6.45) is 5.71. The smallest absolute Gasteiger partial charge is 0.0388 e. The Morgan fingerprint density at radius 2 is 1.94 bits per heavy atom. The number of hydrogen-bond acceptors (Lipinski definition) is 2. The van der Waals surface area contributed by atoms with Crippen LogP contribution in [0.4, 0.5) is 0 Å². The first kappa shape index (κ1) is 12.1. The first-order valence-corrected chi connectivity index (χ1v) is 7.31. The summed E-state index contributed by atoms with van der Waals surface area (Å²) in [5.74, 6) is 0.906. The predicted molar refractivity (Wildman–Crippen MR) is 72.0 cm³/mol. The normalized spacial score (nSPS) is 21.2. The Bertz CT molecular complexity index is 325. The third kappa shape index (κ3) is 2.86. The molecule has 1 aromatic rings. The molecule has 0 bridgehead atoms. The van der Waals surface area contributed by atoms with Crippen LogP contribution in [0.25, 0.3) is 0 Å². The highest BCUT2D eigenvalue weighted by Gasteiger charge is 2.22. The van der Waals surface area contributed by atoms with Crippen molar-refractivity contribution in [2.24, 2.45) is 5.92 Å². The molecule has 16 heavy (non-hydrogen) atoms. The van der Waals surface area contributed by atoms with E-state index in [0.29, 0.717) is 12.1 Å². The summed E-state index contributed by atoms with van der Waals surface area (Å²) in [5.41, 5.74) is 0. The lowest BCUT2D eigenvalue weighted by Crippen LogP contribution is -2.33. The number of thiophene rings is 1. The largest absolute Gasteiger partial charge is 0.307 e. The highest BCUT2D eigenvalue weighted by atomic mass is 32.1. The van der Waals surface area contributed by atoms with Gasteiger partial charge in [-0.25, -0.2) is 0 Å². The van der Waals surface area contributed by atoms with Crippen LogP contribution >= 0.6 is 11.3 Å². The molecule has 0 spiro atoms. The van der Waals surface area contributed by atoms with E-state index in [0.717, 1.165) is 5.92 Å². The molecule has 0 amide bonds.